The maximum Gasteiger partial charge on any atom is 0.346 e. The molecule has 7 heteroatoms. The van der Waals surface area contributed by atoms with E-state index in [0.717, 1.165) is 11.1 Å². The van der Waals surface area contributed by atoms with Crippen molar-refractivity contribution >= 4 is 16.9 Å². The van der Waals surface area contributed by atoms with Crippen molar-refractivity contribution in [3.63, 3.8) is 0 Å². The number of aryl methyl sites for hydroxylation is 2. The maximum absolute atomic E-state index is 13.3. The Morgan fingerprint density at radius 3 is 2.27 bits per heavy atom. The largest absolute Gasteiger partial charge is 0.493 e. The van der Waals surface area contributed by atoms with Gasteiger partial charge in [-0.25, -0.2) is 4.79 Å². The first-order chi connectivity index (χ1) is 14.3. The van der Waals surface area contributed by atoms with Crippen molar-refractivity contribution in [3.05, 3.63) is 51.7 Å². The monoisotopic (exact) mass is 412 g/mol. The van der Waals surface area contributed by atoms with Crippen molar-refractivity contribution < 1.29 is 28.2 Å². The van der Waals surface area contributed by atoms with Crippen LogP contribution >= 0.6 is 0 Å². The predicted octanol–water partition coefficient (Wildman–Crippen LogP) is 4.03. The Bertz CT molecular complexity index is 1160. The van der Waals surface area contributed by atoms with Crippen molar-refractivity contribution in [2.24, 2.45) is 0 Å². The zero-order valence-corrected chi connectivity index (χ0v) is 17.8. The first-order valence-electron chi connectivity index (χ1n) is 9.35. The van der Waals surface area contributed by atoms with Gasteiger partial charge in [0.2, 0.25) is 11.2 Å². The van der Waals surface area contributed by atoms with Crippen molar-refractivity contribution in [3.8, 4) is 28.6 Å². The van der Waals surface area contributed by atoms with Gasteiger partial charge in [0.25, 0.3) is 0 Å². The van der Waals surface area contributed by atoms with Crippen LogP contribution in [0.1, 0.15) is 18.1 Å². The van der Waals surface area contributed by atoms with Gasteiger partial charge >= 0.3 is 5.97 Å². The van der Waals surface area contributed by atoms with E-state index >= 15 is 0 Å². The van der Waals surface area contributed by atoms with E-state index in [-0.39, 0.29) is 16.9 Å². The van der Waals surface area contributed by atoms with E-state index in [0.29, 0.717) is 28.0 Å². The van der Waals surface area contributed by atoms with E-state index < -0.39 is 12.1 Å². The van der Waals surface area contributed by atoms with Crippen LogP contribution in [-0.4, -0.2) is 33.4 Å². The highest BCUT2D eigenvalue weighted by atomic mass is 16.6. The third-order valence-electron chi connectivity index (χ3n) is 4.94. The molecule has 0 radical (unpaired) electrons. The Balaban J connectivity index is 2.30. The summed E-state index contributed by atoms with van der Waals surface area (Å²) >= 11 is 0. The Hall–Kier alpha value is -3.48. The van der Waals surface area contributed by atoms with Crippen LogP contribution in [0.3, 0.4) is 0 Å². The maximum atomic E-state index is 13.3. The fourth-order valence-electron chi connectivity index (χ4n) is 3.10. The summed E-state index contributed by atoms with van der Waals surface area (Å²) in [4.78, 5) is 25.2. The highest BCUT2D eigenvalue weighted by Gasteiger charge is 2.24. The molecule has 0 amide bonds. The Labute approximate surface area is 174 Å². The molecule has 0 aliphatic carbocycles. The summed E-state index contributed by atoms with van der Waals surface area (Å²) in [5.74, 6) is 0.502. The quantitative estimate of drug-likeness (QED) is 0.565. The number of hydrogen-bond acceptors (Lipinski definition) is 7. The van der Waals surface area contributed by atoms with Gasteiger partial charge in [-0.3, -0.25) is 4.79 Å². The molecule has 2 aromatic carbocycles. The van der Waals surface area contributed by atoms with Crippen LogP contribution in [-0.2, 0) is 9.53 Å². The standard InChI is InChI=1S/C23H24O7/c1-12-9-16-18(10-13(12)2)30-21(15-7-8-17(26-4)19(11-15)27-5)22(20(16)24)29-14(3)23(25)28-6/h7-11,14H,1-6H3. The number of esters is 1. The number of fused-ring (bicyclic) bond motifs is 1. The minimum atomic E-state index is -0.999. The Morgan fingerprint density at radius 1 is 0.967 bits per heavy atom. The van der Waals surface area contributed by atoms with Gasteiger partial charge in [-0.2, -0.15) is 0 Å². The summed E-state index contributed by atoms with van der Waals surface area (Å²) < 4.78 is 27.2. The molecule has 0 fully saturated rings. The summed E-state index contributed by atoms with van der Waals surface area (Å²) in [6, 6.07) is 8.67. The number of carbonyl (C=O) groups is 1. The lowest BCUT2D eigenvalue weighted by Gasteiger charge is -2.16. The van der Waals surface area contributed by atoms with Crippen LogP contribution in [0.25, 0.3) is 22.3 Å². The third-order valence-corrected chi connectivity index (χ3v) is 4.94. The molecular weight excluding hydrogens is 388 g/mol. The first-order valence-corrected chi connectivity index (χ1v) is 9.35. The molecule has 7 nitrogen and oxygen atoms in total. The molecule has 1 heterocycles. The van der Waals surface area contributed by atoms with Crippen LogP contribution in [0.5, 0.6) is 17.2 Å². The van der Waals surface area contributed by atoms with Crippen LogP contribution in [0.4, 0.5) is 0 Å². The lowest BCUT2D eigenvalue weighted by Crippen LogP contribution is -2.27. The molecule has 0 saturated carbocycles. The van der Waals surface area contributed by atoms with Crippen molar-refractivity contribution in [1.29, 1.82) is 0 Å². The molecule has 3 aromatic rings. The van der Waals surface area contributed by atoms with E-state index in [1.54, 1.807) is 24.3 Å². The topological polar surface area (TPSA) is 84.2 Å². The predicted molar refractivity (Wildman–Crippen MR) is 113 cm³/mol. The van der Waals surface area contributed by atoms with Crippen molar-refractivity contribution in [2.75, 3.05) is 21.3 Å². The zero-order chi connectivity index (χ0) is 22.0. The molecule has 0 spiro atoms. The second-order valence-corrected chi connectivity index (χ2v) is 6.88. The number of benzene rings is 2. The summed E-state index contributed by atoms with van der Waals surface area (Å²) in [6.07, 6.45) is -0.999. The molecular formula is C23H24O7. The van der Waals surface area contributed by atoms with E-state index in [2.05, 4.69) is 0 Å². The molecule has 0 aliphatic heterocycles. The number of carbonyl (C=O) groups excluding carboxylic acids is 1. The summed E-state index contributed by atoms with van der Waals surface area (Å²) in [5, 5.41) is 0.370. The van der Waals surface area contributed by atoms with Gasteiger partial charge in [0.15, 0.2) is 23.4 Å². The molecule has 0 N–H and O–H groups in total. The first kappa shape index (κ1) is 21.2. The van der Waals surface area contributed by atoms with Gasteiger partial charge in [-0.15, -0.1) is 0 Å². The molecule has 158 valence electrons. The van der Waals surface area contributed by atoms with E-state index in [9.17, 15) is 9.59 Å². The minimum Gasteiger partial charge on any atom is -0.493 e. The lowest BCUT2D eigenvalue weighted by molar-refractivity contribution is -0.147. The van der Waals surface area contributed by atoms with Gasteiger partial charge in [0.1, 0.15) is 5.58 Å². The summed E-state index contributed by atoms with van der Waals surface area (Å²) in [7, 11) is 4.30. The number of ether oxygens (including phenoxy) is 4. The normalized spacial score (nSPS) is 11.8. The second-order valence-electron chi connectivity index (χ2n) is 6.88. The SMILES string of the molecule is COC(=O)C(C)Oc1c(-c2ccc(OC)c(OC)c2)oc2cc(C)c(C)cc2c1=O. The second kappa shape index (κ2) is 8.49. The van der Waals surface area contributed by atoms with Crippen LogP contribution in [0.15, 0.2) is 39.5 Å². The van der Waals surface area contributed by atoms with Gasteiger partial charge in [0, 0.05) is 5.56 Å². The fourth-order valence-corrected chi connectivity index (χ4v) is 3.10. The average Bonchev–Trinajstić information content (AvgIpc) is 2.75. The highest BCUT2D eigenvalue weighted by Crippen LogP contribution is 2.37. The molecule has 3 rings (SSSR count). The van der Waals surface area contributed by atoms with E-state index in [1.165, 1.54) is 28.3 Å². The van der Waals surface area contributed by atoms with Crippen LogP contribution in [0.2, 0.25) is 0 Å². The van der Waals surface area contributed by atoms with Gasteiger partial charge < -0.3 is 23.4 Å². The minimum absolute atomic E-state index is 0.0733. The molecule has 1 atom stereocenters. The van der Waals surface area contributed by atoms with Gasteiger partial charge in [0.05, 0.1) is 26.7 Å². The third kappa shape index (κ3) is 3.83. The molecule has 1 unspecified atom stereocenters. The lowest BCUT2D eigenvalue weighted by atomic mass is 10.0. The molecule has 0 aliphatic rings. The molecule has 0 bridgehead atoms. The number of rotatable bonds is 6. The summed E-state index contributed by atoms with van der Waals surface area (Å²) in [6.45, 7) is 5.36. The van der Waals surface area contributed by atoms with Gasteiger partial charge in [-0.1, -0.05) is 0 Å². The fraction of sp³-hybridized carbons (Fsp3) is 0.304. The van der Waals surface area contributed by atoms with E-state index in [1.807, 2.05) is 19.9 Å². The number of methoxy groups -OCH3 is 3. The highest BCUT2D eigenvalue weighted by molar-refractivity contribution is 5.84. The Kier molecular flexibility index (Phi) is 6.01. The summed E-state index contributed by atoms with van der Waals surface area (Å²) in [5.41, 5.74) is 2.52. The molecule has 30 heavy (non-hydrogen) atoms. The van der Waals surface area contributed by atoms with Crippen LogP contribution in [0, 0.1) is 13.8 Å². The molecule has 1 aromatic heterocycles. The zero-order valence-electron chi connectivity index (χ0n) is 17.8. The number of hydrogen-bond donors (Lipinski definition) is 0. The van der Waals surface area contributed by atoms with Crippen molar-refractivity contribution in [2.45, 2.75) is 26.9 Å². The Morgan fingerprint density at radius 2 is 1.63 bits per heavy atom. The van der Waals surface area contributed by atoms with Crippen molar-refractivity contribution in [1.82, 2.24) is 0 Å². The average molecular weight is 412 g/mol. The van der Waals surface area contributed by atoms with Crippen LogP contribution < -0.4 is 19.6 Å². The van der Waals surface area contributed by atoms with Gasteiger partial charge in [-0.05, 0) is 62.2 Å². The molecule has 0 saturated heterocycles. The smallest absolute Gasteiger partial charge is 0.346 e. The van der Waals surface area contributed by atoms with E-state index in [4.69, 9.17) is 23.4 Å².